The van der Waals surface area contributed by atoms with Crippen molar-refractivity contribution < 1.29 is 0 Å². The van der Waals surface area contributed by atoms with Crippen LogP contribution in [0.4, 0.5) is 0 Å². The molecule has 0 spiro atoms. The van der Waals surface area contributed by atoms with Gasteiger partial charge in [-0.1, -0.05) is 117 Å². The minimum atomic E-state index is -0.206. The van der Waals surface area contributed by atoms with Gasteiger partial charge in [-0.3, -0.25) is 9.55 Å². The number of hydrogen-bond donors (Lipinski definition) is 0. The second kappa shape index (κ2) is 11.1. The third kappa shape index (κ3) is 4.28. The van der Waals surface area contributed by atoms with Crippen molar-refractivity contribution in [3.8, 4) is 45.3 Å². The third-order valence-electron chi connectivity index (χ3n) is 11.2. The van der Waals surface area contributed by atoms with E-state index in [4.69, 9.17) is 9.97 Å². The van der Waals surface area contributed by atoms with Crippen molar-refractivity contribution in [1.29, 1.82) is 0 Å². The van der Waals surface area contributed by atoms with Gasteiger partial charge in [0.15, 0.2) is 0 Å². The minimum Gasteiger partial charge on any atom is -0.309 e. The molecule has 11 rings (SSSR count). The summed E-state index contributed by atoms with van der Waals surface area (Å²) in [6.45, 7) is 4.73. The van der Waals surface area contributed by atoms with Crippen molar-refractivity contribution in [1.82, 2.24) is 24.1 Å². The molecule has 0 N–H and O–H groups in total. The van der Waals surface area contributed by atoms with Crippen LogP contribution in [0.1, 0.15) is 25.0 Å². The molecule has 1 aliphatic rings. The van der Waals surface area contributed by atoms with Crippen LogP contribution in [0, 0.1) is 0 Å². The Morgan fingerprint density at radius 3 is 2.04 bits per heavy atom. The number of hydrogen-bond acceptors (Lipinski definition) is 3. The Morgan fingerprint density at radius 2 is 1.21 bits per heavy atom. The molecule has 0 bridgehead atoms. The lowest BCUT2D eigenvalue weighted by molar-refractivity contribution is 0.666. The molecule has 0 aliphatic heterocycles. The quantitative estimate of drug-likeness (QED) is 0.186. The first-order valence-corrected chi connectivity index (χ1v) is 18.1. The lowest BCUT2D eigenvalue weighted by atomic mass is 9.81. The summed E-state index contributed by atoms with van der Waals surface area (Å²) in [6, 6.07) is 54.1. The summed E-state index contributed by atoms with van der Waals surface area (Å²) in [7, 11) is 0. The predicted octanol–water partition coefficient (Wildman–Crippen LogP) is 11.7. The van der Waals surface area contributed by atoms with Crippen LogP contribution >= 0.6 is 0 Å². The van der Waals surface area contributed by atoms with E-state index in [1.54, 1.807) is 0 Å². The van der Waals surface area contributed by atoms with Gasteiger partial charge in [-0.25, -0.2) is 9.97 Å². The summed E-state index contributed by atoms with van der Waals surface area (Å²) in [4.78, 5) is 15.1. The Labute approximate surface area is 306 Å². The molecule has 0 amide bonds. The van der Waals surface area contributed by atoms with E-state index in [0.717, 1.165) is 60.8 Å². The molecule has 0 saturated heterocycles. The maximum Gasteiger partial charge on any atom is 0.235 e. The molecule has 53 heavy (non-hydrogen) atoms. The molecule has 0 unspecified atom stereocenters. The van der Waals surface area contributed by atoms with Gasteiger partial charge < -0.3 is 4.57 Å². The highest BCUT2D eigenvalue weighted by Crippen LogP contribution is 2.54. The zero-order valence-corrected chi connectivity index (χ0v) is 29.3. The molecule has 0 saturated carbocycles. The fourth-order valence-corrected chi connectivity index (χ4v) is 8.81. The molecule has 5 nitrogen and oxygen atoms in total. The average molecular weight is 680 g/mol. The van der Waals surface area contributed by atoms with Gasteiger partial charge in [-0.15, -0.1) is 0 Å². The highest BCUT2D eigenvalue weighted by atomic mass is 15.2. The number of benzene rings is 6. The largest absolute Gasteiger partial charge is 0.309 e. The van der Waals surface area contributed by atoms with Gasteiger partial charge in [0.05, 0.1) is 33.5 Å². The van der Waals surface area contributed by atoms with Crippen LogP contribution in [-0.2, 0) is 5.41 Å². The summed E-state index contributed by atoms with van der Waals surface area (Å²) in [5.41, 5.74) is 14.6. The lowest BCUT2D eigenvalue weighted by Gasteiger charge is -2.21. The first-order chi connectivity index (χ1) is 26.1. The normalized spacial score (nSPS) is 13.2. The monoisotopic (exact) mass is 679 g/mol. The van der Waals surface area contributed by atoms with Crippen LogP contribution in [0.25, 0.3) is 88.9 Å². The molecule has 4 aromatic heterocycles. The first kappa shape index (κ1) is 29.8. The van der Waals surface area contributed by atoms with Crippen LogP contribution in [0.3, 0.4) is 0 Å². The van der Waals surface area contributed by atoms with Crippen LogP contribution in [-0.4, -0.2) is 24.1 Å². The summed E-state index contributed by atoms with van der Waals surface area (Å²) >= 11 is 0. The Bertz CT molecular complexity index is 3060. The standard InChI is InChI=1S/C48H33N5/c1-48(2)39-21-11-9-19-34(39)46-44(48)38-28-42-37(27-43(38)52(46)33-17-7-4-8-18-33)36-26-31(32-16-13-25-49-29-32)23-24-41(36)53(42)47-50-40-22-12-10-20-35(40)45(51-47)30-14-5-3-6-15-30/h3-29H,1-2H3. The van der Waals surface area contributed by atoms with Gasteiger partial charge in [0, 0.05) is 61.7 Å². The summed E-state index contributed by atoms with van der Waals surface area (Å²) < 4.78 is 4.75. The van der Waals surface area contributed by atoms with Crippen molar-refractivity contribution in [2.75, 3.05) is 0 Å². The SMILES string of the molecule is CC1(C)c2ccccc2-c2c1c1cc3c(cc1n2-c1ccccc1)c1cc(-c2cccnc2)ccc1n3-c1nc(-c2ccccc2)c2ccccc2n1. The Hall–Kier alpha value is -6.85. The van der Waals surface area contributed by atoms with E-state index < -0.39 is 0 Å². The van der Waals surface area contributed by atoms with Crippen LogP contribution in [0.5, 0.6) is 0 Å². The molecule has 0 radical (unpaired) electrons. The van der Waals surface area contributed by atoms with Gasteiger partial charge in [0.2, 0.25) is 5.95 Å². The maximum atomic E-state index is 5.40. The second-order valence-corrected chi connectivity index (χ2v) is 14.5. The molecule has 6 aromatic carbocycles. The Balaban J connectivity index is 1.30. The highest BCUT2D eigenvalue weighted by molar-refractivity contribution is 6.16. The number of aromatic nitrogens is 5. The molecule has 5 heteroatoms. The van der Waals surface area contributed by atoms with E-state index in [9.17, 15) is 0 Å². The minimum absolute atomic E-state index is 0.206. The van der Waals surface area contributed by atoms with E-state index in [2.05, 4.69) is 167 Å². The smallest absolute Gasteiger partial charge is 0.235 e. The number of nitrogens with zero attached hydrogens (tertiary/aromatic N) is 5. The van der Waals surface area contributed by atoms with E-state index in [0.29, 0.717) is 5.95 Å². The summed E-state index contributed by atoms with van der Waals surface area (Å²) in [5, 5.41) is 4.55. The number of para-hydroxylation sites is 2. The molecular weight excluding hydrogens is 647 g/mol. The molecular formula is C48H33N5. The van der Waals surface area contributed by atoms with Gasteiger partial charge >= 0.3 is 0 Å². The fraction of sp³-hybridized carbons (Fsp3) is 0.0625. The zero-order valence-electron chi connectivity index (χ0n) is 29.3. The van der Waals surface area contributed by atoms with Crippen molar-refractivity contribution in [2.45, 2.75) is 19.3 Å². The summed E-state index contributed by atoms with van der Waals surface area (Å²) in [5.74, 6) is 0.651. The van der Waals surface area contributed by atoms with Crippen molar-refractivity contribution >= 4 is 43.6 Å². The Kier molecular flexibility index (Phi) is 6.23. The summed E-state index contributed by atoms with van der Waals surface area (Å²) in [6.07, 6.45) is 3.75. The number of fused-ring (bicyclic) bond motifs is 9. The van der Waals surface area contributed by atoms with Crippen molar-refractivity contribution in [2.24, 2.45) is 0 Å². The fourth-order valence-electron chi connectivity index (χ4n) is 8.81. The molecule has 250 valence electrons. The molecule has 0 fully saturated rings. The average Bonchev–Trinajstić information content (AvgIpc) is 3.80. The van der Waals surface area contributed by atoms with Crippen LogP contribution in [0.2, 0.25) is 0 Å². The van der Waals surface area contributed by atoms with E-state index in [-0.39, 0.29) is 5.41 Å². The van der Waals surface area contributed by atoms with Crippen molar-refractivity contribution in [3.63, 3.8) is 0 Å². The maximum absolute atomic E-state index is 5.40. The van der Waals surface area contributed by atoms with Gasteiger partial charge in [-0.2, -0.15) is 0 Å². The van der Waals surface area contributed by atoms with E-state index in [1.807, 2.05) is 24.5 Å². The molecule has 4 heterocycles. The second-order valence-electron chi connectivity index (χ2n) is 14.5. The van der Waals surface area contributed by atoms with E-state index >= 15 is 0 Å². The van der Waals surface area contributed by atoms with Crippen LogP contribution in [0.15, 0.2) is 164 Å². The van der Waals surface area contributed by atoms with Crippen LogP contribution < -0.4 is 0 Å². The number of pyridine rings is 1. The molecule has 1 aliphatic carbocycles. The predicted molar refractivity (Wildman–Crippen MR) is 217 cm³/mol. The highest BCUT2D eigenvalue weighted by Gasteiger charge is 2.40. The zero-order chi connectivity index (χ0) is 35.3. The molecule has 10 aromatic rings. The van der Waals surface area contributed by atoms with Crippen molar-refractivity contribution in [3.05, 3.63) is 175 Å². The van der Waals surface area contributed by atoms with E-state index in [1.165, 1.54) is 33.3 Å². The number of rotatable bonds is 4. The van der Waals surface area contributed by atoms with Gasteiger partial charge in [0.1, 0.15) is 0 Å². The third-order valence-corrected chi connectivity index (χ3v) is 11.2. The van der Waals surface area contributed by atoms with Gasteiger partial charge in [-0.05, 0) is 65.2 Å². The van der Waals surface area contributed by atoms with Gasteiger partial charge in [0.25, 0.3) is 0 Å². The molecule has 0 atom stereocenters. The lowest BCUT2D eigenvalue weighted by Crippen LogP contribution is -2.14. The topological polar surface area (TPSA) is 48.5 Å². The first-order valence-electron chi connectivity index (χ1n) is 18.1. The Morgan fingerprint density at radius 1 is 0.509 bits per heavy atom.